The molecule has 1 fully saturated rings. The molecule has 0 bridgehead atoms. The molecule has 0 saturated carbocycles. The van der Waals surface area contributed by atoms with Crippen LogP contribution in [0.5, 0.6) is 0 Å². The predicted molar refractivity (Wildman–Crippen MR) is 64.1 cm³/mol. The first kappa shape index (κ1) is 13.0. The van der Waals surface area contributed by atoms with Crippen molar-refractivity contribution in [3.05, 3.63) is 35.4 Å². The van der Waals surface area contributed by atoms with Gasteiger partial charge in [-0.05, 0) is 31.7 Å². The molecule has 1 amide bonds. The van der Waals surface area contributed by atoms with Crippen LogP contribution in [-0.2, 0) is 11.2 Å². The van der Waals surface area contributed by atoms with E-state index in [1.54, 1.807) is 4.90 Å². The Hall–Kier alpha value is -1.49. The van der Waals surface area contributed by atoms with Crippen LogP contribution in [0.1, 0.15) is 12.0 Å². The molecule has 3 nitrogen and oxygen atoms in total. The third-order valence-electron chi connectivity index (χ3n) is 3.30. The monoisotopic (exact) mass is 254 g/mol. The number of hydrogen-bond donors (Lipinski definition) is 1. The molecule has 0 aromatic heterocycles. The maximum absolute atomic E-state index is 13.4. The fourth-order valence-corrected chi connectivity index (χ4v) is 2.18. The molecule has 1 aliphatic heterocycles. The van der Waals surface area contributed by atoms with Gasteiger partial charge in [0, 0.05) is 24.7 Å². The summed E-state index contributed by atoms with van der Waals surface area (Å²) < 4.78 is 26.4. The van der Waals surface area contributed by atoms with Crippen LogP contribution in [0, 0.1) is 11.6 Å². The molecule has 1 unspecified atom stereocenters. The molecule has 0 radical (unpaired) electrons. The minimum atomic E-state index is -0.533. The minimum Gasteiger partial charge on any atom is -0.341 e. The van der Waals surface area contributed by atoms with E-state index in [1.807, 2.05) is 7.05 Å². The first-order valence-corrected chi connectivity index (χ1v) is 5.99. The number of hydrogen-bond acceptors (Lipinski definition) is 2. The topological polar surface area (TPSA) is 32.3 Å². The Morgan fingerprint density at radius 2 is 2.28 bits per heavy atom. The number of halogens is 2. The summed E-state index contributed by atoms with van der Waals surface area (Å²) in [6.45, 7) is 1.30. The van der Waals surface area contributed by atoms with Crippen LogP contribution in [0.15, 0.2) is 18.2 Å². The van der Waals surface area contributed by atoms with Crippen molar-refractivity contribution in [2.75, 3.05) is 20.1 Å². The summed E-state index contributed by atoms with van der Waals surface area (Å²) in [6.07, 6.45) is 0.813. The van der Waals surface area contributed by atoms with E-state index in [-0.39, 0.29) is 17.9 Å². The minimum absolute atomic E-state index is 0.0833. The summed E-state index contributed by atoms with van der Waals surface area (Å²) in [4.78, 5) is 13.6. The summed E-state index contributed by atoms with van der Waals surface area (Å²) in [5.74, 6) is -1.21. The Morgan fingerprint density at radius 1 is 1.50 bits per heavy atom. The van der Waals surface area contributed by atoms with E-state index < -0.39 is 11.6 Å². The largest absolute Gasteiger partial charge is 0.341 e. The van der Waals surface area contributed by atoms with Gasteiger partial charge in [0.15, 0.2) is 0 Å². The molecular weight excluding hydrogens is 238 g/mol. The lowest BCUT2D eigenvalue weighted by atomic mass is 10.1. The summed E-state index contributed by atoms with van der Waals surface area (Å²) in [7, 11) is 1.85. The van der Waals surface area contributed by atoms with Crippen LogP contribution in [0.4, 0.5) is 8.78 Å². The number of likely N-dealkylation sites (tertiary alicyclic amines) is 1. The van der Waals surface area contributed by atoms with Gasteiger partial charge in [-0.3, -0.25) is 4.79 Å². The van der Waals surface area contributed by atoms with E-state index in [1.165, 1.54) is 0 Å². The molecular formula is C13H16F2N2O. The number of amides is 1. The molecule has 98 valence electrons. The molecule has 5 heteroatoms. The van der Waals surface area contributed by atoms with Crippen LogP contribution in [0.3, 0.4) is 0 Å². The van der Waals surface area contributed by atoms with Gasteiger partial charge in [-0.2, -0.15) is 0 Å². The van der Waals surface area contributed by atoms with Crippen molar-refractivity contribution < 1.29 is 13.6 Å². The molecule has 1 heterocycles. The van der Waals surface area contributed by atoms with E-state index in [2.05, 4.69) is 5.32 Å². The molecule has 0 aliphatic carbocycles. The molecule has 1 aliphatic rings. The summed E-state index contributed by atoms with van der Waals surface area (Å²) in [5, 5.41) is 3.11. The lowest BCUT2D eigenvalue weighted by molar-refractivity contribution is -0.129. The van der Waals surface area contributed by atoms with Gasteiger partial charge < -0.3 is 10.2 Å². The Bertz CT molecular complexity index is 451. The highest BCUT2D eigenvalue weighted by atomic mass is 19.1. The van der Waals surface area contributed by atoms with Gasteiger partial charge >= 0.3 is 0 Å². The van der Waals surface area contributed by atoms with Gasteiger partial charge in [0.25, 0.3) is 0 Å². The van der Waals surface area contributed by atoms with Crippen LogP contribution in [0.25, 0.3) is 0 Å². The van der Waals surface area contributed by atoms with Crippen LogP contribution in [0.2, 0.25) is 0 Å². The second kappa shape index (κ2) is 5.44. The standard InChI is InChI=1S/C13H16F2N2O/c1-16-11-4-5-17(8-11)13(18)7-9-6-10(14)2-3-12(9)15/h2-3,6,11,16H,4-5,7-8H2,1H3. The molecule has 1 N–H and O–H groups in total. The van der Waals surface area contributed by atoms with Crippen LogP contribution < -0.4 is 5.32 Å². The van der Waals surface area contributed by atoms with Gasteiger partial charge in [-0.15, -0.1) is 0 Å². The van der Waals surface area contributed by atoms with E-state index in [4.69, 9.17) is 0 Å². The van der Waals surface area contributed by atoms with E-state index >= 15 is 0 Å². The van der Waals surface area contributed by atoms with Crippen molar-refractivity contribution in [1.82, 2.24) is 10.2 Å². The van der Waals surface area contributed by atoms with E-state index in [0.717, 1.165) is 24.6 Å². The van der Waals surface area contributed by atoms with Crippen LogP contribution >= 0.6 is 0 Å². The van der Waals surface area contributed by atoms with Crippen molar-refractivity contribution in [3.8, 4) is 0 Å². The third kappa shape index (κ3) is 2.85. The van der Waals surface area contributed by atoms with E-state index in [9.17, 15) is 13.6 Å². The fourth-order valence-electron chi connectivity index (χ4n) is 2.18. The number of carbonyl (C=O) groups excluding carboxylic acids is 1. The number of nitrogens with zero attached hydrogens (tertiary/aromatic N) is 1. The first-order chi connectivity index (χ1) is 8.60. The molecule has 18 heavy (non-hydrogen) atoms. The van der Waals surface area contributed by atoms with Crippen molar-refractivity contribution in [2.45, 2.75) is 18.9 Å². The number of benzene rings is 1. The lowest BCUT2D eigenvalue weighted by Crippen LogP contribution is -2.34. The highest BCUT2D eigenvalue weighted by Crippen LogP contribution is 2.14. The predicted octanol–water partition coefficient (Wildman–Crippen LogP) is 1.33. The van der Waals surface area contributed by atoms with Gasteiger partial charge in [0.05, 0.1) is 6.42 Å². The lowest BCUT2D eigenvalue weighted by Gasteiger charge is -2.16. The van der Waals surface area contributed by atoms with Crippen molar-refractivity contribution in [1.29, 1.82) is 0 Å². The number of rotatable bonds is 3. The van der Waals surface area contributed by atoms with Crippen molar-refractivity contribution >= 4 is 5.91 Å². The van der Waals surface area contributed by atoms with Gasteiger partial charge in [-0.25, -0.2) is 8.78 Å². The smallest absolute Gasteiger partial charge is 0.227 e. The summed E-state index contributed by atoms with van der Waals surface area (Å²) in [6, 6.07) is 3.49. The van der Waals surface area contributed by atoms with Gasteiger partial charge in [0.2, 0.25) is 5.91 Å². The average Bonchev–Trinajstić information content (AvgIpc) is 2.82. The quantitative estimate of drug-likeness (QED) is 0.882. The molecule has 1 aromatic rings. The van der Waals surface area contributed by atoms with Gasteiger partial charge in [0.1, 0.15) is 11.6 Å². The molecule has 1 atom stereocenters. The van der Waals surface area contributed by atoms with Crippen molar-refractivity contribution in [2.24, 2.45) is 0 Å². The highest BCUT2D eigenvalue weighted by Gasteiger charge is 2.25. The maximum Gasteiger partial charge on any atom is 0.227 e. The number of likely N-dealkylation sites (N-methyl/N-ethyl adjacent to an activating group) is 1. The fraction of sp³-hybridized carbons (Fsp3) is 0.462. The second-order valence-electron chi connectivity index (χ2n) is 4.53. The summed E-state index contributed by atoms with van der Waals surface area (Å²) >= 11 is 0. The first-order valence-electron chi connectivity index (χ1n) is 5.99. The second-order valence-corrected chi connectivity index (χ2v) is 4.53. The average molecular weight is 254 g/mol. The SMILES string of the molecule is CNC1CCN(C(=O)Cc2cc(F)ccc2F)C1. The zero-order valence-corrected chi connectivity index (χ0v) is 10.2. The third-order valence-corrected chi connectivity index (χ3v) is 3.30. The zero-order chi connectivity index (χ0) is 13.1. The Labute approximate surface area is 105 Å². The van der Waals surface area contributed by atoms with Crippen LogP contribution in [-0.4, -0.2) is 37.0 Å². The normalized spacial score (nSPS) is 19.3. The Kier molecular flexibility index (Phi) is 3.91. The van der Waals surface area contributed by atoms with Crippen molar-refractivity contribution in [3.63, 3.8) is 0 Å². The summed E-state index contributed by atoms with van der Waals surface area (Å²) in [5.41, 5.74) is 0.118. The zero-order valence-electron chi connectivity index (χ0n) is 10.2. The Balaban J connectivity index is 2.01. The Morgan fingerprint density at radius 3 is 2.94 bits per heavy atom. The van der Waals surface area contributed by atoms with E-state index in [0.29, 0.717) is 19.1 Å². The maximum atomic E-state index is 13.4. The molecule has 1 saturated heterocycles. The molecule has 0 spiro atoms. The van der Waals surface area contributed by atoms with Gasteiger partial charge in [-0.1, -0.05) is 0 Å². The molecule has 1 aromatic carbocycles. The number of carbonyl (C=O) groups is 1. The number of nitrogens with one attached hydrogen (secondary N) is 1. The molecule has 2 rings (SSSR count). The highest BCUT2D eigenvalue weighted by molar-refractivity contribution is 5.79.